The number of hydrogen-bond acceptors (Lipinski definition) is 4. The van der Waals surface area contributed by atoms with Gasteiger partial charge in [0.25, 0.3) is 0 Å². The van der Waals surface area contributed by atoms with Gasteiger partial charge in [0.05, 0.1) is 29.8 Å². The molecule has 0 aliphatic heterocycles. The first kappa shape index (κ1) is 12.3. The molecule has 0 bridgehead atoms. The minimum Gasteiger partial charge on any atom is -0.501 e. The van der Waals surface area contributed by atoms with Gasteiger partial charge in [0.1, 0.15) is 5.15 Å². The Labute approximate surface area is 97.5 Å². The van der Waals surface area contributed by atoms with Crippen molar-refractivity contribution in [2.75, 3.05) is 12.3 Å². The lowest BCUT2D eigenvalue weighted by Gasteiger charge is -2.04. The largest absolute Gasteiger partial charge is 0.501 e. The maximum Gasteiger partial charge on any atom is 0.337 e. The van der Waals surface area contributed by atoms with Gasteiger partial charge in [0, 0.05) is 6.08 Å². The first-order valence-corrected chi connectivity index (χ1v) is 4.91. The van der Waals surface area contributed by atoms with Crippen LogP contribution in [0.15, 0.2) is 12.3 Å². The number of carboxylic acid groups (broad SMARTS) is 1. The molecule has 0 aromatic carbocycles. The molecule has 3 N–H and O–H groups in total. The van der Waals surface area contributed by atoms with Gasteiger partial charge in [-0.3, -0.25) is 0 Å². The second-order valence-electron chi connectivity index (χ2n) is 2.85. The normalized spacial score (nSPS) is 10.6. The van der Waals surface area contributed by atoms with Crippen molar-refractivity contribution >= 4 is 29.3 Å². The van der Waals surface area contributed by atoms with Crippen LogP contribution < -0.4 is 5.73 Å². The van der Waals surface area contributed by atoms with E-state index in [1.54, 1.807) is 0 Å². The van der Waals surface area contributed by atoms with Crippen molar-refractivity contribution in [1.29, 1.82) is 0 Å². The number of aromatic carboxylic acids is 1. The molecule has 1 aromatic heterocycles. The Morgan fingerprint density at radius 1 is 1.75 bits per heavy atom. The Morgan fingerprint density at radius 2 is 2.44 bits per heavy atom. The molecule has 0 spiro atoms. The summed E-state index contributed by atoms with van der Waals surface area (Å²) in [5.41, 5.74) is 5.89. The lowest BCUT2D eigenvalue weighted by atomic mass is 10.2. The molecule has 1 aromatic rings. The van der Waals surface area contributed by atoms with Crippen molar-refractivity contribution in [2.24, 2.45) is 0 Å². The molecule has 1 rings (SSSR count). The lowest BCUT2D eigenvalue weighted by molar-refractivity contribution is 0.0698. The van der Waals surface area contributed by atoms with Crippen molar-refractivity contribution in [2.45, 2.75) is 6.92 Å². The number of hydrogen-bond donors (Lipinski definition) is 2. The third-order valence-corrected chi connectivity index (χ3v) is 1.97. The van der Waals surface area contributed by atoms with Gasteiger partial charge in [-0.25, -0.2) is 9.78 Å². The van der Waals surface area contributed by atoms with E-state index in [0.29, 0.717) is 6.61 Å². The monoisotopic (exact) mass is 242 g/mol. The minimum atomic E-state index is -1.15. The van der Waals surface area contributed by atoms with Crippen molar-refractivity contribution in [3.63, 3.8) is 0 Å². The van der Waals surface area contributed by atoms with Gasteiger partial charge < -0.3 is 15.6 Å². The molecule has 0 saturated heterocycles. The number of halogens is 1. The van der Waals surface area contributed by atoms with E-state index in [4.69, 9.17) is 27.2 Å². The topological polar surface area (TPSA) is 85.4 Å². The molecule has 0 fully saturated rings. The highest BCUT2D eigenvalue weighted by atomic mass is 35.5. The maximum absolute atomic E-state index is 10.8. The maximum atomic E-state index is 10.8. The fourth-order valence-electron chi connectivity index (χ4n) is 1.06. The molecule has 6 heteroatoms. The van der Waals surface area contributed by atoms with Crippen LogP contribution in [0.4, 0.5) is 5.69 Å². The Balaban J connectivity index is 3.14. The highest BCUT2D eigenvalue weighted by Gasteiger charge is 2.13. The molecular weight excluding hydrogens is 232 g/mol. The molecule has 0 amide bonds. The van der Waals surface area contributed by atoms with Crippen molar-refractivity contribution in [3.8, 4) is 0 Å². The summed E-state index contributed by atoms with van der Waals surface area (Å²) in [4.78, 5) is 14.7. The average Bonchev–Trinajstić information content (AvgIpc) is 2.22. The molecule has 0 aliphatic carbocycles. The molecule has 5 nitrogen and oxygen atoms in total. The first-order chi connectivity index (χ1) is 7.56. The number of carboxylic acids is 1. The van der Waals surface area contributed by atoms with E-state index in [0.717, 1.165) is 0 Å². The molecule has 0 radical (unpaired) electrons. The Hall–Kier alpha value is -1.75. The average molecular weight is 243 g/mol. The Bertz CT molecular complexity index is 432. The zero-order chi connectivity index (χ0) is 12.1. The summed E-state index contributed by atoms with van der Waals surface area (Å²) in [6, 6.07) is 1.21. The highest BCUT2D eigenvalue weighted by Crippen LogP contribution is 2.21. The van der Waals surface area contributed by atoms with Gasteiger partial charge in [-0.2, -0.15) is 0 Å². The third-order valence-electron chi connectivity index (χ3n) is 1.78. The predicted octanol–water partition coefficient (Wildman–Crippen LogP) is 2.02. The van der Waals surface area contributed by atoms with Gasteiger partial charge in [-0.05, 0) is 13.0 Å². The SMILES string of the molecule is CCOC=Cc1nc(Cl)cc(C(=O)O)c1N. The van der Waals surface area contributed by atoms with E-state index in [2.05, 4.69) is 4.98 Å². The molecule has 0 atom stereocenters. The fourth-order valence-corrected chi connectivity index (χ4v) is 1.26. The summed E-state index contributed by atoms with van der Waals surface area (Å²) < 4.78 is 4.97. The van der Waals surface area contributed by atoms with Crippen LogP contribution in [0.2, 0.25) is 5.15 Å². The van der Waals surface area contributed by atoms with E-state index >= 15 is 0 Å². The number of aromatic nitrogens is 1. The summed E-state index contributed by atoms with van der Waals surface area (Å²) in [6.07, 6.45) is 2.86. The van der Waals surface area contributed by atoms with Crippen LogP contribution in [-0.2, 0) is 4.74 Å². The quantitative estimate of drug-likeness (QED) is 0.623. The van der Waals surface area contributed by atoms with E-state index in [1.807, 2.05) is 6.92 Å². The molecular formula is C10H11ClN2O3. The van der Waals surface area contributed by atoms with E-state index in [9.17, 15) is 4.79 Å². The zero-order valence-corrected chi connectivity index (χ0v) is 9.36. The first-order valence-electron chi connectivity index (χ1n) is 4.53. The number of pyridine rings is 1. The fraction of sp³-hybridized carbons (Fsp3) is 0.200. The molecule has 1 heterocycles. The molecule has 86 valence electrons. The van der Waals surface area contributed by atoms with Crippen LogP contribution in [-0.4, -0.2) is 22.7 Å². The minimum absolute atomic E-state index is 0.0628. The zero-order valence-electron chi connectivity index (χ0n) is 8.61. The number of carbonyl (C=O) groups is 1. The summed E-state index contributed by atoms with van der Waals surface area (Å²) in [7, 11) is 0. The highest BCUT2D eigenvalue weighted by molar-refractivity contribution is 6.30. The van der Waals surface area contributed by atoms with Gasteiger partial charge in [-0.15, -0.1) is 0 Å². The summed E-state index contributed by atoms with van der Waals surface area (Å²) in [5.74, 6) is -1.15. The van der Waals surface area contributed by atoms with Crippen molar-refractivity contribution < 1.29 is 14.6 Å². The van der Waals surface area contributed by atoms with Gasteiger partial charge in [0.15, 0.2) is 0 Å². The predicted molar refractivity (Wildman–Crippen MR) is 61.3 cm³/mol. The van der Waals surface area contributed by atoms with Crippen LogP contribution >= 0.6 is 11.6 Å². The molecule has 16 heavy (non-hydrogen) atoms. The number of nitrogens with zero attached hydrogens (tertiary/aromatic N) is 1. The summed E-state index contributed by atoms with van der Waals surface area (Å²) in [5, 5.41) is 8.94. The van der Waals surface area contributed by atoms with E-state index in [-0.39, 0.29) is 22.1 Å². The second kappa shape index (κ2) is 5.37. The molecule has 0 unspecified atom stereocenters. The lowest BCUT2D eigenvalue weighted by Crippen LogP contribution is -2.05. The number of anilines is 1. The Morgan fingerprint density at radius 3 is 3.00 bits per heavy atom. The van der Waals surface area contributed by atoms with Crippen LogP contribution in [0.5, 0.6) is 0 Å². The number of nitrogens with two attached hydrogens (primary N) is 1. The third kappa shape index (κ3) is 2.87. The van der Waals surface area contributed by atoms with Crippen molar-refractivity contribution in [3.05, 3.63) is 28.7 Å². The smallest absolute Gasteiger partial charge is 0.337 e. The standard InChI is InChI=1S/C10H11ClN2O3/c1-2-16-4-3-7-9(12)6(10(14)15)5-8(11)13-7/h3-5H,2,12H2,1H3,(H,14,15). The number of nitrogen functional groups attached to an aromatic ring is 1. The number of rotatable bonds is 4. The van der Waals surface area contributed by atoms with E-state index < -0.39 is 5.97 Å². The second-order valence-corrected chi connectivity index (χ2v) is 3.24. The molecule has 0 aliphatic rings. The van der Waals surface area contributed by atoms with Crippen LogP contribution in [0.1, 0.15) is 23.0 Å². The van der Waals surface area contributed by atoms with Crippen molar-refractivity contribution in [1.82, 2.24) is 4.98 Å². The van der Waals surface area contributed by atoms with Gasteiger partial charge in [-0.1, -0.05) is 11.6 Å². The molecule has 0 saturated carbocycles. The van der Waals surface area contributed by atoms with Gasteiger partial charge in [0.2, 0.25) is 0 Å². The summed E-state index contributed by atoms with van der Waals surface area (Å²) in [6.45, 7) is 2.32. The number of ether oxygens (including phenoxy) is 1. The van der Waals surface area contributed by atoms with Crippen LogP contribution in [0.3, 0.4) is 0 Å². The van der Waals surface area contributed by atoms with Crippen LogP contribution in [0, 0.1) is 0 Å². The van der Waals surface area contributed by atoms with Gasteiger partial charge >= 0.3 is 5.97 Å². The van der Waals surface area contributed by atoms with E-state index in [1.165, 1.54) is 18.4 Å². The summed E-state index contributed by atoms with van der Waals surface area (Å²) >= 11 is 5.67. The Kier molecular flexibility index (Phi) is 4.13. The van der Waals surface area contributed by atoms with Crippen LogP contribution in [0.25, 0.3) is 6.08 Å².